The van der Waals surface area contributed by atoms with Crippen molar-refractivity contribution in [1.82, 2.24) is 15.0 Å². The number of amides is 1. The van der Waals surface area contributed by atoms with E-state index in [4.69, 9.17) is 4.52 Å². The largest absolute Gasteiger partial charge is 0.361 e. The molecule has 4 rings (SSSR count). The van der Waals surface area contributed by atoms with Gasteiger partial charge in [-0.15, -0.1) is 0 Å². The second kappa shape index (κ2) is 7.70. The summed E-state index contributed by atoms with van der Waals surface area (Å²) in [5.74, 6) is 0.746. The molecule has 1 atom stereocenters. The average Bonchev–Trinajstić information content (AvgIpc) is 3.25. The van der Waals surface area contributed by atoms with Gasteiger partial charge in [-0.2, -0.15) is 0 Å². The third-order valence-electron chi connectivity index (χ3n) is 6.44. The molecular formula is C23H31N3O2. The monoisotopic (exact) mass is 381 g/mol. The topological polar surface area (TPSA) is 49.6 Å². The number of carbonyl (C=O) groups is 1. The van der Waals surface area contributed by atoms with Crippen LogP contribution in [0.2, 0.25) is 0 Å². The highest BCUT2D eigenvalue weighted by Crippen LogP contribution is 2.40. The van der Waals surface area contributed by atoms with Crippen LogP contribution in [0.1, 0.15) is 59.1 Å². The molecule has 0 saturated carbocycles. The standard InChI is InChI=1S/C23H31N3O2/c1-4-20-21(18(3)28-24-20)22(27)26-12-10-23(16-26)9-6-11-25(15-23)14-19-8-5-7-17(2)13-19/h5,7-8,13H,4,6,9-12,14-16H2,1-3H3. The maximum absolute atomic E-state index is 13.2. The fourth-order valence-corrected chi connectivity index (χ4v) is 5.05. The molecule has 0 N–H and O–H groups in total. The van der Waals surface area contributed by atoms with Crippen molar-refractivity contribution in [1.29, 1.82) is 0 Å². The van der Waals surface area contributed by atoms with Crippen LogP contribution in [0, 0.1) is 19.3 Å². The fraction of sp³-hybridized carbons (Fsp3) is 0.565. The van der Waals surface area contributed by atoms with Crippen LogP contribution in [0.3, 0.4) is 0 Å². The molecule has 0 aliphatic carbocycles. The van der Waals surface area contributed by atoms with Crippen molar-refractivity contribution < 1.29 is 9.32 Å². The molecule has 2 saturated heterocycles. The van der Waals surface area contributed by atoms with Crippen LogP contribution in [0.4, 0.5) is 0 Å². The molecule has 28 heavy (non-hydrogen) atoms. The Morgan fingerprint density at radius 3 is 2.86 bits per heavy atom. The molecule has 2 aromatic rings. The summed E-state index contributed by atoms with van der Waals surface area (Å²) in [7, 11) is 0. The summed E-state index contributed by atoms with van der Waals surface area (Å²) in [6, 6.07) is 8.80. The van der Waals surface area contributed by atoms with E-state index in [0.717, 1.165) is 51.3 Å². The van der Waals surface area contributed by atoms with Crippen LogP contribution in [-0.2, 0) is 13.0 Å². The summed E-state index contributed by atoms with van der Waals surface area (Å²) in [4.78, 5) is 17.8. The molecule has 150 valence electrons. The molecule has 2 aliphatic heterocycles. The quantitative estimate of drug-likeness (QED) is 0.804. The highest BCUT2D eigenvalue weighted by molar-refractivity contribution is 5.96. The second-order valence-electron chi connectivity index (χ2n) is 8.69. The zero-order valence-corrected chi connectivity index (χ0v) is 17.3. The predicted molar refractivity (Wildman–Crippen MR) is 109 cm³/mol. The summed E-state index contributed by atoms with van der Waals surface area (Å²) in [6.45, 7) is 10.9. The normalized spacial score (nSPS) is 22.9. The Hall–Kier alpha value is -2.14. The van der Waals surface area contributed by atoms with Gasteiger partial charge >= 0.3 is 0 Å². The van der Waals surface area contributed by atoms with E-state index in [9.17, 15) is 4.79 Å². The van der Waals surface area contributed by atoms with E-state index < -0.39 is 0 Å². The number of rotatable bonds is 4. The first-order valence-electron chi connectivity index (χ1n) is 10.5. The lowest BCUT2D eigenvalue weighted by molar-refractivity contribution is 0.0673. The summed E-state index contributed by atoms with van der Waals surface area (Å²) >= 11 is 0. The minimum atomic E-state index is 0.100. The van der Waals surface area contributed by atoms with Crippen LogP contribution in [-0.4, -0.2) is 47.0 Å². The highest BCUT2D eigenvalue weighted by Gasteiger charge is 2.43. The van der Waals surface area contributed by atoms with Crippen LogP contribution in [0.25, 0.3) is 0 Å². The Balaban J connectivity index is 1.44. The maximum Gasteiger partial charge on any atom is 0.259 e. The summed E-state index contributed by atoms with van der Waals surface area (Å²) in [6.07, 6.45) is 4.24. The molecule has 0 radical (unpaired) electrons. The molecule has 1 spiro atoms. The number of benzene rings is 1. The lowest BCUT2D eigenvalue weighted by Gasteiger charge is -2.40. The SMILES string of the molecule is CCc1noc(C)c1C(=O)N1CCC2(CCCN(Cc3cccc(C)c3)C2)C1. The van der Waals surface area contributed by atoms with E-state index in [1.54, 1.807) is 0 Å². The molecule has 1 aromatic heterocycles. The van der Waals surface area contributed by atoms with Crippen molar-refractivity contribution in [3.8, 4) is 0 Å². The van der Waals surface area contributed by atoms with Gasteiger partial charge in [0.2, 0.25) is 0 Å². The molecule has 1 unspecified atom stereocenters. The van der Waals surface area contributed by atoms with Gasteiger partial charge in [0.25, 0.3) is 5.91 Å². The summed E-state index contributed by atoms with van der Waals surface area (Å²) in [5.41, 5.74) is 4.41. The van der Waals surface area contributed by atoms with E-state index in [0.29, 0.717) is 11.3 Å². The van der Waals surface area contributed by atoms with Crippen molar-refractivity contribution in [3.63, 3.8) is 0 Å². The number of aryl methyl sites for hydroxylation is 3. The zero-order valence-electron chi connectivity index (χ0n) is 17.3. The van der Waals surface area contributed by atoms with E-state index >= 15 is 0 Å². The predicted octanol–water partition coefficient (Wildman–Crippen LogP) is 3.98. The number of hydrogen-bond donors (Lipinski definition) is 0. The van der Waals surface area contributed by atoms with Crippen LogP contribution in [0.15, 0.2) is 28.8 Å². The van der Waals surface area contributed by atoms with Crippen molar-refractivity contribution in [2.24, 2.45) is 5.41 Å². The number of piperidine rings is 1. The zero-order chi connectivity index (χ0) is 19.7. The Kier molecular flexibility index (Phi) is 5.28. The minimum Gasteiger partial charge on any atom is -0.361 e. The molecular weight excluding hydrogens is 350 g/mol. The van der Waals surface area contributed by atoms with E-state index in [2.05, 4.69) is 41.2 Å². The molecule has 3 heterocycles. The molecule has 2 fully saturated rings. The van der Waals surface area contributed by atoms with Gasteiger partial charge in [-0.1, -0.05) is 41.9 Å². The van der Waals surface area contributed by atoms with Gasteiger partial charge in [-0.25, -0.2) is 0 Å². The Morgan fingerprint density at radius 1 is 1.21 bits per heavy atom. The number of hydrogen-bond acceptors (Lipinski definition) is 4. The van der Waals surface area contributed by atoms with Gasteiger partial charge in [-0.05, 0) is 51.6 Å². The average molecular weight is 382 g/mol. The van der Waals surface area contributed by atoms with Gasteiger partial charge in [0.1, 0.15) is 11.3 Å². The van der Waals surface area contributed by atoms with E-state index in [1.165, 1.54) is 24.0 Å². The van der Waals surface area contributed by atoms with Crippen molar-refractivity contribution in [2.45, 2.75) is 53.0 Å². The Bertz CT molecular complexity index is 859. The maximum atomic E-state index is 13.2. The molecule has 1 amide bonds. The third kappa shape index (κ3) is 3.72. The molecule has 5 heteroatoms. The lowest BCUT2D eigenvalue weighted by Crippen LogP contribution is -2.45. The van der Waals surface area contributed by atoms with Gasteiger partial charge in [-0.3, -0.25) is 9.69 Å². The first-order chi connectivity index (χ1) is 13.5. The van der Waals surface area contributed by atoms with Crippen molar-refractivity contribution >= 4 is 5.91 Å². The molecule has 1 aromatic carbocycles. The molecule has 0 bridgehead atoms. The highest BCUT2D eigenvalue weighted by atomic mass is 16.5. The van der Waals surface area contributed by atoms with E-state index in [1.807, 2.05) is 18.7 Å². The number of nitrogens with zero attached hydrogens (tertiary/aromatic N) is 3. The van der Waals surface area contributed by atoms with Gasteiger partial charge in [0, 0.05) is 31.6 Å². The minimum absolute atomic E-state index is 0.100. The summed E-state index contributed by atoms with van der Waals surface area (Å²) < 4.78 is 5.29. The van der Waals surface area contributed by atoms with E-state index in [-0.39, 0.29) is 11.3 Å². The van der Waals surface area contributed by atoms with Crippen molar-refractivity contribution in [2.75, 3.05) is 26.2 Å². The second-order valence-corrected chi connectivity index (χ2v) is 8.69. The van der Waals surface area contributed by atoms with Crippen LogP contribution < -0.4 is 0 Å². The van der Waals surface area contributed by atoms with Gasteiger partial charge < -0.3 is 9.42 Å². The number of carbonyl (C=O) groups excluding carboxylic acids is 1. The Labute approximate surface area is 167 Å². The van der Waals surface area contributed by atoms with Crippen molar-refractivity contribution in [3.05, 3.63) is 52.4 Å². The number of likely N-dealkylation sites (tertiary alicyclic amines) is 2. The van der Waals surface area contributed by atoms with Gasteiger partial charge in [0.05, 0.1) is 5.69 Å². The van der Waals surface area contributed by atoms with Crippen LogP contribution >= 0.6 is 0 Å². The van der Waals surface area contributed by atoms with Crippen LogP contribution in [0.5, 0.6) is 0 Å². The molecule has 5 nitrogen and oxygen atoms in total. The van der Waals surface area contributed by atoms with Gasteiger partial charge in [0.15, 0.2) is 0 Å². The third-order valence-corrected chi connectivity index (χ3v) is 6.44. The Morgan fingerprint density at radius 2 is 2.07 bits per heavy atom. The fourth-order valence-electron chi connectivity index (χ4n) is 5.05. The molecule has 2 aliphatic rings. The lowest BCUT2D eigenvalue weighted by atomic mass is 9.79. The number of aromatic nitrogens is 1. The summed E-state index contributed by atoms with van der Waals surface area (Å²) in [5, 5.41) is 4.07. The first-order valence-corrected chi connectivity index (χ1v) is 10.5. The first kappa shape index (κ1) is 19.2. The smallest absolute Gasteiger partial charge is 0.259 e.